The standard InChI is InChI=1S/C20H20N2O3S/c1-14-15(2)25-20(21-14)26-13-19(23)22-17-8-10-18(11-9-17)24-12-16-6-4-3-5-7-16/h3-11H,12-13H2,1-2H3,(H,22,23). The van der Waals surface area contributed by atoms with Crippen molar-refractivity contribution >= 4 is 23.4 Å². The van der Waals surface area contributed by atoms with Crippen molar-refractivity contribution in [3.63, 3.8) is 0 Å². The fourth-order valence-corrected chi connectivity index (χ4v) is 2.92. The molecule has 0 saturated carbocycles. The lowest BCUT2D eigenvalue weighted by atomic mass is 10.2. The molecule has 3 rings (SSSR count). The monoisotopic (exact) mass is 368 g/mol. The molecule has 0 aliphatic heterocycles. The van der Waals surface area contributed by atoms with Crippen LogP contribution in [0.15, 0.2) is 64.2 Å². The summed E-state index contributed by atoms with van der Waals surface area (Å²) in [5.41, 5.74) is 2.68. The Morgan fingerprint density at radius 1 is 1.12 bits per heavy atom. The van der Waals surface area contributed by atoms with Gasteiger partial charge < -0.3 is 14.5 Å². The van der Waals surface area contributed by atoms with E-state index < -0.39 is 0 Å². The smallest absolute Gasteiger partial charge is 0.256 e. The first-order valence-corrected chi connectivity index (χ1v) is 9.22. The average molecular weight is 368 g/mol. The topological polar surface area (TPSA) is 64.4 Å². The first-order chi connectivity index (χ1) is 12.6. The summed E-state index contributed by atoms with van der Waals surface area (Å²) in [4.78, 5) is 16.3. The van der Waals surface area contributed by atoms with Crippen LogP contribution in [0.1, 0.15) is 17.0 Å². The van der Waals surface area contributed by atoms with E-state index in [9.17, 15) is 4.79 Å². The van der Waals surface area contributed by atoms with Crippen LogP contribution in [-0.4, -0.2) is 16.6 Å². The lowest BCUT2D eigenvalue weighted by molar-refractivity contribution is -0.113. The van der Waals surface area contributed by atoms with Crippen molar-refractivity contribution in [1.82, 2.24) is 4.98 Å². The third-order valence-corrected chi connectivity index (χ3v) is 4.55. The maximum Gasteiger partial charge on any atom is 0.256 e. The quantitative estimate of drug-likeness (QED) is 0.618. The number of hydrogen-bond donors (Lipinski definition) is 1. The summed E-state index contributed by atoms with van der Waals surface area (Å²) in [5.74, 6) is 1.67. The van der Waals surface area contributed by atoms with Gasteiger partial charge >= 0.3 is 0 Å². The van der Waals surface area contributed by atoms with E-state index in [0.29, 0.717) is 11.8 Å². The highest BCUT2D eigenvalue weighted by Gasteiger charge is 2.09. The minimum Gasteiger partial charge on any atom is -0.489 e. The molecule has 5 nitrogen and oxygen atoms in total. The number of amides is 1. The molecule has 3 aromatic rings. The SMILES string of the molecule is Cc1nc(SCC(=O)Nc2ccc(OCc3ccccc3)cc2)oc1C. The van der Waals surface area contributed by atoms with Gasteiger partial charge in [0.2, 0.25) is 5.91 Å². The molecule has 0 aliphatic carbocycles. The second-order valence-corrected chi connectivity index (χ2v) is 6.68. The van der Waals surface area contributed by atoms with Crippen molar-refractivity contribution in [2.45, 2.75) is 25.7 Å². The number of rotatable bonds is 7. The number of hydrogen-bond acceptors (Lipinski definition) is 5. The normalized spacial score (nSPS) is 10.5. The molecule has 1 heterocycles. The van der Waals surface area contributed by atoms with Gasteiger partial charge in [-0.25, -0.2) is 4.98 Å². The van der Waals surface area contributed by atoms with Crippen molar-refractivity contribution < 1.29 is 13.9 Å². The second-order valence-electron chi connectivity index (χ2n) is 5.76. The highest BCUT2D eigenvalue weighted by molar-refractivity contribution is 7.99. The molecule has 1 aromatic heterocycles. The number of carbonyl (C=O) groups excluding carboxylic acids is 1. The van der Waals surface area contributed by atoms with E-state index in [2.05, 4.69) is 10.3 Å². The lowest BCUT2D eigenvalue weighted by Gasteiger charge is -2.08. The number of nitrogens with zero attached hydrogens (tertiary/aromatic N) is 1. The van der Waals surface area contributed by atoms with E-state index in [1.807, 2.05) is 68.4 Å². The predicted octanol–water partition coefficient (Wildman–Crippen LogP) is 4.60. The fraction of sp³-hybridized carbons (Fsp3) is 0.200. The summed E-state index contributed by atoms with van der Waals surface area (Å²) in [6.07, 6.45) is 0. The molecule has 0 saturated heterocycles. The number of carbonyl (C=O) groups is 1. The minimum atomic E-state index is -0.110. The van der Waals surface area contributed by atoms with Crippen molar-refractivity contribution in [3.05, 3.63) is 71.6 Å². The van der Waals surface area contributed by atoms with Crippen LogP contribution in [0.3, 0.4) is 0 Å². The van der Waals surface area contributed by atoms with E-state index >= 15 is 0 Å². The van der Waals surface area contributed by atoms with Gasteiger partial charge in [0.05, 0.1) is 11.4 Å². The second kappa shape index (κ2) is 8.58. The van der Waals surface area contributed by atoms with E-state index in [4.69, 9.17) is 9.15 Å². The van der Waals surface area contributed by atoms with E-state index in [-0.39, 0.29) is 11.7 Å². The number of aryl methyl sites for hydroxylation is 2. The van der Waals surface area contributed by atoms with Gasteiger partial charge in [-0.05, 0) is 43.7 Å². The van der Waals surface area contributed by atoms with Crippen molar-refractivity contribution in [3.8, 4) is 5.75 Å². The average Bonchev–Trinajstić information content (AvgIpc) is 2.98. The van der Waals surface area contributed by atoms with Crippen molar-refractivity contribution in [2.24, 2.45) is 0 Å². The van der Waals surface area contributed by atoms with E-state index in [0.717, 1.165) is 28.5 Å². The van der Waals surface area contributed by atoms with Crippen LogP contribution in [0.25, 0.3) is 0 Å². The molecule has 0 unspecified atom stereocenters. The number of anilines is 1. The van der Waals surface area contributed by atoms with Crippen LogP contribution in [-0.2, 0) is 11.4 Å². The number of benzene rings is 2. The first kappa shape index (κ1) is 18.1. The molecular weight excluding hydrogens is 348 g/mol. The largest absolute Gasteiger partial charge is 0.489 e. The lowest BCUT2D eigenvalue weighted by Crippen LogP contribution is -2.13. The highest BCUT2D eigenvalue weighted by Crippen LogP contribution is 2.21. The molecule has 2 aromatic carbocycles. The number of ether oxygens (including phenoxy) is 1. The molecule has 0 aliphatic rings. The molecule has 6 heteroatoms. The van der Waals surface area contributed by atoms with Crippen molar-refractivity contribution in [1.29, 1.82) is 0 Å². The Bertz CT molecular complexity index is 841. The summed E-state index contributed by atoms with van der Waals surface area (Å²) in [6.45, 7) is 4.25. The third-order valence-electron chi connectivity index (χ3n) is 3.72. The van der Waals surface area contributed by atoms with Crippen molar-refractivity contribution in [2.75, 3.05) is 11.1 Å². The van der Waals surface area contributed by atoms with Gasteiger partial charge in [0, 0.05) is 5.69 Å². The van der Waals surface area contributed by atoms with Crippen LogP contribution in [0.2, 0.25) is 0 Å². The molecule has 1 amide bonds. The Hall–Kier alpha value is -2.73. The maximum atomic E-state index is 12.0. The third kappa shape index (κ3) is 5.13. The number of oxazole rings is 1. The Labute approximate surface area is 156 Å². The molecular formula is C20H20N2O3S. The molecule has 0 spiro atoms. The number of thioether (sulfide) groups is 1. The molecule has 0 fully saturated rings. The Morgan fingerprint density at radius 2 is 1.85 bits per heavy atom. The fourth-order valence-electron chi connectivity index (χ4n) is 2.20. The highest BCUT2D eigenvalue weighted by atomic mass is 32.2. The van der Waals surface area contributed by atoms with Gasteiger partial charge in [0.15, 0.2) is 0 Å². The van der Waals surface area contributed by atoms with Gasteiger partial charge in [-0.2, -0.15) is 0 Å². The molecule has 0 bridgehead atoms. The molecule has 0 atom stereocenters. The summed E-state index contributed by atoms with van der Waals surface area (Å²) in [5, 5.41) is 3.36. The molecule has 1 N–H and O–H groups in total. The minimum absolute atomic E-state index is 0.110. The van der Waals surface area contributed by atoms with E-state index in [1.54, 1.807) is 0 Å². The van der Waals surface area contributed by atoms with Crippen LogP contribution >= 0.6 is 11.8 Å². The first-order valence-electron chi connectivity index (χ1n) is 8.23. The van der Waals surface area contributed by atoms with Crippen LogP contribution in [0, 0.1) is 13.8 Å². The zero-order valence-electron chi connectivity index (χ0n) is 14.7. The van der Waals surface area contributed by atoms with Gasteiger partial charge in [0.1, 0.15) is 18.1 Å². The van der Waals surface area contributed by atoms with E-state index in [1.165, 1.54) is 11.8 Å². The zero-order valence-corrected chi connectivity index (χ0v) is 15.5. The molecule has 134 valence electrons. The Morgan fingerprint density at radius 3 is 2.50 bits per heavy atom. The Balaban J connectivity index is 1.46. The summed E-state index contributed by atoms with van der Waals surface area (Å²) < 4.78 is 11.2. The maximum absolute atomic E-state index is 12.0. The van der Waals surface area contributed by atoms with Gasteiger partial charge in [-0.3, -0.25) is 4.79 Å². The summed E-state index contributed by atoms with van der Waals surface area (Å²) in [6, 6.07) is 17.3. The molecule has 0 radical (unpaired) electrons. The summed E-state index contributed by atoms with van der Waals surface area (Å²) >= 11 is 1.28. The van der Waals surface area contributed by atoms with Gasteiger partial charge in [0.25, 0.3) is 5.22 Å². The zero-order chi connectivity index (χ0) is 18.4. The Kier molecular flexibility index (Phi) is 5.96. The van der Waals surface area contributed by atoms with Crippen LogP contribution in [0.4, 0.5) is 5.69 Å². The van der Waals surface area contributed by atoms with Gasteiger partial charge in [-0.15, -0.1) is 0 Å². The number of nitrogens with one attached hydrogen (secondary N) is 1. The van der Waals surface area contributed by atoms with Gasteiger partial charge in [-0.1, -0.05) is 42.1 Å². The number of aromatic nitrogens is 1. The van der Waals surface area contributed by atoms with Crippen LogP contribution < -0.4 is 10.1 Å². The predicted molar refractivity (Wildman–Crippen MR) is 103 cm³/mol. The molecule has 26 heavy (non-hydrogen) atoms. The summed E-state index contributed by atoms with van der Waals surface area (Å²) in [7, 11) is 0. The van der Waals surface area contributed by atoms with Crippen LogP contribution in [0.5, 0.6) is 5.75 Å².